The Hall–Kier alpha value is -7.00. The van der Waals surface area contributed by atoms with Crippen LogP contribution in [0.1, 0.15) is 49.3 Å². The van der Waals surface area contributed by atoms with Crippen molar-refractivity contribution in [3.63, 3.8) is 0 Å². The first-order valence-corrected chi connectivity index (χ1v) is 22.5. The largest absolute Gasteiger partial charge is 0.355 e. The van der Waals surface area contributed by atoms with Crippen molar-refractivity contribution >= 4 is 160 Å². The van der Waals surface area contributed by atoms with Gasteiger partial charge in [0.15, 0.2) is 0 Å². The Morgan fingerprint density at radius 2 is 0.612 bits per heavy atom. The molecular weight excluding hydrogens is 987 g/mol. The molecule has 0 aliphatic carbocycles. The molecule has 0 saturated carbocycles. The van der Waals surface area contributed by atoms with Crippen molar-refractivity contribution in [3.05, 3.63) is 226 Å². The number of rotatable bonds is 2. The number of halogens is 2. The highest BCUT2D eigenvalue weighted by Gasteiger charge is 2.16. The summed E-state index contributed by atoms with van der Waals surface area (Å²) in [4.78, 5) is 2.71. The highest BCUT2D eigenvalue weighted by Crippen LogP contribution is 2.41. The fourth-order valence-electron chi connectivity index (χ4n) is 7.55. The second-order valence-corrected chi connectivity index (χ2v) is 17.7. The molecule has 1 N–H and O–H groups in total. The fraction of sp³-hybridized carbons (Fsp3) is 0. The summed E-state index contributed by atoms with van der Waals surface area (Å²) < 4.78 is 308. The molecule has 0 radical (unpaired) electrons. The van der Waals surface area contributed by atoms with Crippen molar-refractivity contribution in [2.45, 2.75) is 0 Å². The Balaban J connectivity index is 0.000000181. The van der Waals surface area contributed by atoms with Crippen molar-refractivity contribution in [1.29, 1.82) is 0 Å². The van der Waals surface area contributed by atoms with Gasteiger partial charge in [-0.2, -0.15) is 0 Å². The first-order chi connectivity index (χ1) is 48.1. The Morgan fingerprint density at radius 3 is 0.985 bits per heavy atom. The number of hydrogen-bond donors (Lipinski definition) is 1. The lowest BCUT2D eigenvalue weighted by Crippen LogP contribution is -1.94. The number of fused-ring (bicyclic) bond motifs is 15. The normalized spacial score (nSPS) is 19.3. The minimum atomic E-state index is -0.773. The summed E-state index contributed by atoms with van der Waals surface area (Å²) in [5.74, 6) is 0. The summed E-state index contributed by atoms with van der Waals surface area (Å²) in [6.45, 7) is 0. The third-order valence-corrected chi connectivity index (χ3v) is 13.2. The molecule has 15 aromatic rings. The third kappa shape index (κ3) is 6.87. The van der Waals surface area contributed by atoms with E-state index in [0.29, 0.717) is 31.5 Å². The molecule has 0 saturated heterocycles. The average molecular weight is 1060 g/mol. The molecule has 0 bridgehead atoms. The Kier molecular flexibility index (Phi) is 4.38. The number of nitrogens with zero attached hydrogens (tertiary/aromatic N) is 2. The second kappa shape index (κ2) is 16.4. The molecular formula is C60H37Br2N3S2. The van der Waals surface area contributed by atoms with E-state index in [0.717, 1.165) is 20.5 Å². The number of benzene rings is 10. The van der Waals surface area contributed by atoms with Gasteiger partial charge in [0.2, 0.25) is 0 Å². The van der Waals surface area contributed by atoms with E-state index in [2.05, 4.69) is 36.8 Å². The molecule has 0 fully saturated rings. The zero-order chi connectivity index (χ0) is 75.9. The van der Waals surface area contributed by atoms with Crippen LogP contribution in [0.5, 0.6) is 0 Å². The molecule has 15 rings (SSSR count). The lowest BCUT2D eigenvalue weighted by molar-refractivity contribution is 1.18. The van der Waals surface area contributed by atoms with Crippen LogP contribution in [0.4, 0.5) is 0 Å². The number of nitrogens with one attached hydrogen (secondary N) is 1. The number of para-hydroxylation sites is 6. The maximum Gasteiger partial charge on any atom is 0.0652 e. The van der Waals surface area contributed by atoms with Crippen molar-refractivity contribution in [2.75, 3.05) is 0 Å². The molecule has 0 aliphatic heterocycles. The van der Waals surface area contributed by atoms with Crippen LogP contribution in [-0.4, -0.2) is 14.1 Å². The summed E-state index contributed by atoms with van der Waals surface area (Å²) in [6, 6.07) is -18.8. The number of aromatic amines is 1. The minimum Gasteiger partial charge on any atom is -0.355 e. The van der Waals surface area contributed by atoms with E-state index < -0.39 is 191 Å². The maximum absolute atomic E-state index is 9.70. The Morgan fingerprint density at radius 1 is 0.313 bits per heavy atom. The van der Waals surface area contributed by atoms with Crippen LogP contribution in [0.15, 0.2) is 226 Å². The molecule has 3 nitrogen and oxygen atoms in total. The van der Waals surface area contributed by atoms with Crippen LogP contribution in [0.2, 0.25) is 0 Å². The zero-order valence-electron chi connectivity index (χ0n) is 69.0. The van der Waals surface area contributed by atoms with E-state index in [1.165, 1.54) is 0 Å². The smallest absolute Gasteiger partial charge is 0.0652 e. The first-order valence-electron chi connectivity index (χ1n) is 37.3. The van der Waals surface area contributed by atoms with Gasteiger partial charge in [-0.25, -0.2) is 0 Å². The highest BCUT2D eigenvalue weighted by atomic mass is 79.9. The highest BCUT2D eigenvalue weighted by molar-refractivity contribution is 9.10. The summed E-state index contributed by atoms with van der Waals surface area (Å²) >= 11 is 8.07. The quantitative estimate of drug-likeness (QED) is 0.179. The van der Waals surface area contributed by atoms with Crippen molar-refractivity contribution in [3.8, 4) is 11.4 Å². The summed E-state index contributed by atoms with van der Waals surface area (Å²) in [7, 11) is 0. The number of aromatic nitrogens is 3. The Bertz CT molecular complexity index is 5860. The summed E-state index contributed by atoms with van der Waals surface area (Å²) in [5.41, 5.74) is -2.77. The van der Waals surface area contributed by atoms with Gasteiger partial charge < -0.3 is 14.1 Å². The average Bonchev–Trinajstić information content (AvgIpc) is 1.54. The fourth-order valence-corrected chi connectivity index (χ4v) is 9.98. The van der Waals surface area contributed by atoms with E-state index in [1.807, 2.05) is 0 Å². The van der Waals surface area contributed by atoms with Crippen LogP contribution in [0.25, 0.3) is 117 Å². The lowest BCUT2D eigenvalue weighted by Gasteiger charge is -2.09. The zero-order valence-corrected chi connectivity index (χ0v) is 37.8. The standard InChI is InChI=1S/C36H22N2S.C12H6Br2S.C12H9N/c1-5-13-31-25(9-1)26-10-2-6-14-32(26)37(31)23-17-19-35-29(21-23)30-22-24(18-20-36(30)39-35)38-33-15-7-3-11-27(33)28-12-4-8-16-34(28)38;13-7-1-3-11-9(5-7)10-6-8(14)2-4-12(10)15-11;1-3-7-11-9(5-1)10-6-2-4-8-12(10)13-11/h1-22H;1-6H;1-8,13H/i1D,2D,3D,4D,5D,6D,7D,8D,9D,10D,11D,12D,13D,14D,15D,16D,17D,18D,19D,20D,21D,22D;1D,2D,3D,4D,5D,6D;1D,2D,3D,4D,5D,6D,7D,8D. The maximum atomic E-state index is 9.70. The molecule has 67 heavy (non-hydrogen) atoms. The van der Waals surface area contributed by atoms with Crippen LogP contribution >= 0.6 is 54.5 Å². The lowest BCUT2D eigenvalue weighted by atomic mass is 10.1. The Labute approximate surface area is 460 Å². The van der Waals surface area contributed by atoms with E-state index >= 15 is 0 Å². The van der Waals surface area contributed by atoms with E-state index in [-0.39, 0.29) is 133 Å². The molecule has 7 heteroatoms. The topological polar surface area (TPSA) is 25.6 Å². The third-order valence-electron chi connectivity index (χ3n) is 10.3. The van der Waals surface area contributed by atoms with Gasteiger partial charge in [-0.1, -0.05) is 141 Å². The van der Waals surface area contributed by atoms with Gasteiger partial charge in [0.1, 0.15) is 0 Å². The molecule has 5 heterocycles. The van der Waals surface area contributed by atoms with E-state index in [9.17, 15) is 8.22 Å². The van der Waals surface area contributed by atoms with E-state index in [1.54, 1.807) is 0 Å². The van der Waals surface area contributed by atoms with Crippen LogP contribution in [0, 0.1) is 0 Å². The monoisotopic (exact) mass is 1060 g/mol. The molecule has 0 amide bonds. The van der Waals surface area contributed by atoms with Gasteiger partial charge in [0.25, 0.3) is 0 Å². The number of H-pyrrole nitrogens is 1. The second-order valence-electron chi connectivity index (χ2n) is 14.0. The molecule has 0 aliphatic rings. The SMILES string of the molecule is [2H]c1c(-n2c3c([2H])c([2H])c([2H])c([2H])c3c3c([2H])c([2H])c([2H])c([2H])c32)c([2H])c2c(sc3c([2H])c([2H])c(-n4c5c([2H])c([2H])c([2H])c([2H])c5c5c([2H])c([2H])c([2H])c([2H])c54)c([2H])c32)c1[2H].[2H]c1c(Br)c([2H])c2c(sc3c([2H])c([2H])c(Br)c([2H])c32)c1[2H].[2H]c1c([2H])c([2H])c2c([nH]c3c([2H])c([2H])c([2H])c([2H])c32)c1[2H]. The van der Waals surface area contributed by atoms with Crippen molar-refractivity contribution in [2.24, 2.45) is 0 Å². The first kappa shape index (κ1) is 17.9. The molecule has 318 valence electrons. The van der Waals surface area contributed by atoms with Crippen LogP contribution in [0.3, 0.4) is 0 Å². The van der Waals surface area contributed by atoms with Gasteiger partial charge in [0, 0.05) is 104 Å². The molecule has 0 spiro atoms. The minimum absolute atomic E-state index is 0.0319. The van der Waals surface area contributed by atoms with Crippen LogP contribution in [-0.2, 0) is 0 Å². The molecule has 5 aromatic heterocycles. The summed E-state index contributed by atoms with van der Waals surface area (Å²) in [5, 5.41) is -1.06. The van der Waals surface area contributed by atoms with Gasteiger partial charge in [-0.15, -0.1) is 22.7 Å². The van der Waals surface area contributed by atoms with Crippen molar-refractivity contribution in [1.82, 2.24) is 14.1 Å². The van der Waals surface area contributed by atoms with Crippen LogP contribution < -0.4 is 0 Å². The molecule has 0 unspecified atom stereocenters. The molecule has 10 aromatic carbocycles. The van der Waals surface area contributed by atoms with Crippen molar-refractivity contribution < 1.29 is 49.3 Å². The number of hydrogen-bond acceptors (Lipinski definition) is 2. The van der Waals surface area contributed by atoms with Gasteiger partial charge in [-0.3, -0.25) is 0 Å². The van der Waals surface area contributed by atoms with Gasteiger partial charge >= 0.3 is 0 Å². The predicted molar refractivity (Wildman–Crippen MR) is 299 cm³/mol. The van der Waals surface area contributed by atoms with Gasteiger partial charge in [0.05, 0.1) is 71.4 Å². The summed E-state index contributed by atoms with van der Waals surface area (Å²) in [6.07, 6.45) is 0. The number of thiophene rings is 2. The van der Waals surface area contributed by atoms with E-state index in [4.69, 9.17) is 41.1 Å². The predicted octanol–water partition coefficient (Wildman–Crippen LogP) is 19.1. The molecule has 0 atom stereocenters. The van der Waals surface area contributed by atoms with Gasteiger partial charge in [-0.05, 0) is 109 Å².